The summed E-state index contributed by atoms with van der Waals surface area (Å²) >= 11 is 16.6. The first-order chi connectivity index (χ1) is 26.4. The van der Waals surface area contributed by atoms with Crippen LogP contribution in [-0.4, -0.2) is 15.7 Å². The van der Waals surface area contributed by atoms with E-state index in [0.717, 1.165) is 45.1 Å². The number of hydrogen-bond acceptors (Lipinski definition) is 6. The van der Waals surface area contributed by atoms with Gasteiger partial charge >= 0.3 is 0 Å². The molecule has 55 heavy (non-hydrogen) atoms. The topological polar surface area (TPSA) is 78.9 Å². The van der Waals surface area contributed by atoms with Crippen LogP contribution in [0.15, 0.2) is 140 Å². The molecule has 6 nitrogen and oxygen atoms in total. The van der Waals surface area contributed by atoms with Crippen LogP contribution in [-0.2, 0) is 19.8 Å². The summed E-state index contributed by atoms with van der Waals surface area (Å²) in [5.74, 6) is 2.38. The summed E-state index contributed by atoms with van der Waals surface area (Å²) < 4.78 is 17.0. The predicted molar refractivity (Wildman–Crippen MR) is 221 cm³/mol. The highest BCUT2D eigenvalue weighted by molar-refractivity contribution is 6.68. The van der Waals surface area contributed by atoms with E-state index in [-0.39, 0.29) is 0 Å². The fourth-order valence-electron chi connectivity index (χ4n) is 5.29. The minimum Gasteiger partial charge on any atom is -0.489 e. The molecule has 6 aromatic carbocycles. The lowest BCUT2D eigenvalue weighted by Crippen LogP contribution is -2.03. The SMILES string of the molecule is Cc1ccc(OCc2ccccc2C(=O)Cl)c(C)c1.Cc1ccc(OCc2ccccc2C(=O)Cl)cc1.Cc1cccc(OCc2ccccc2C(=O)Cl)c1. The predicted octanol–water partition coefficient (Wildman–Crippen LogP) is 12.2. The molecule has 0 bridgehead atoms. The molecule has 282 valence electrons. The molecular formula is C46H41Cl3O6. The fourth-order valence-corrected chi connectivity index (χ4v) is 5.85. The zero-order valence-electron chi connectivity index (χ0n) is 31.0. The average molecular weight is 796 g/mol. The van der Waals surface area contributed by atoms with Gasteiger partial charge in [-0.15, -0.1) is 0 Å². The number of halogens is 3. The molecule has 0 unspecified atom stereocenters. The second kappa shape index (κ2) is 21.5. The van der Waals surface area contributed by atoms with Gasteiger partial charge in [-0.1, -0.05) is 102 Å². The summed E-state index contributed by atoms with van der Waals surface area (Å²) in [7, 11) is 0. The molecule has 0 heterocycles. The zero-order valence-corrected chi connectivity index (χ0v) is 33.3. The maximum absolute atomic E-state index is 11.3. The number of carbonyl (C=O) groups is 3. The van der Waals surface area contributed by atoms with E-state index in [1.807, 2.05) is 125 Å². The van der Waals surface area contributed by atoms with Crippen molar-refractivity contribution in [3.63, 3.8) is 0 Å². The first-order valence-corrected chi connectivity index (χ1v) is 18.5. The minimum absolute atomic E-state index is 0.331. The van der Waals surface area contributed by atoms with Crippen LogP contribution in [0.2, 0.25) is 0 Å². The van der Waals surface area contributed by atoms with E-state index in [9.17, 15) is 14.4 Å². The highest BCUT2D eigenvalue weighted by Crippen LogP contribution is 2.22. The Labute approximate surface area is 337 Å². The number of aryl methyl sites for hydroxylation is 4. The third kappa shape index (κ3) is 13.8. The second-order valence-corrected chi connectivity index (χ2v) is 13.6. The van der Waals surface area contributed by atoms with E-state index in [0.29, 0.717) is 36.5 Å². The Morgan fingerprint density at radius 2 is 0.836 bits per heavy atom. The highest BCUT2D eigenvalue weighted by atomic mass is 35.5. The Morgan fingerprint density at radius 1 is 0.418 bits per heavy atom. The molecule has 0 atom stereocenters. The fraction of sp³-hybridized carbons (Fsp3) is 0.152. The standard InChI is InChI=1S/C16H15ClO2.2C15H13ClO2/c1-11-7-8-15(12(2)9-11)19-10-13-5-3-4-6-14(13)16(17)18;1-11-5-4-7-13(9-11)18-10-12-6-2-3-8-14(12)15(16)17;1-11-6-8-13(9-7-11)18-10-12-4-2-3-5-14(12)15(16)17/h3-9H,10H2,1-2H3;2*2-9H,10H2,1H3. The maximum atomic E-state index is 11.3. The smallest absolute Gasteiger partial charge is 0.252 e. The number of hydrogen-bond donors (Lipinski definition) is 0. The Bertz CT molecular complexity index is 2220. The summed E-state index contributed by atoms with van der Waals surface area (Å²) in [6, 6.07) is 43.1. The normalized spacial score (nSPS) is 10.2. The Kier molecular flexibility index (Phi) is 16.5. The molecule has 9 heteroatoms. The largest absolute Gasteiger partial charge is 0.489 e. The number of ether oxygens (including phenoxy) is 3. The Balaban J connectivity index is 0.000000184. The Morgan fingerprint density at radius 3 is 1.29 bits per heavy atom. The Hall–Kier alpha value is -5.40. The van der Waals surface area contributed by atoms with Gasteiger partial charge in [-0.2, -0.15) is 0 Å². The number of rotatable bonds is 12. The summed E-state index contributed by atoms with van der Waals surface area (Å²) in [6.45, 7) is 9.06. The van der Waals surface area contributed by atoms with Crippen molar-refractivity contribution < 1.29 is 28.6 Å². The quantitative estimate of drug-likeness (QED) is 0.115. The maximum Gasteiger partial charge on any atom is 0.252 e. The molecule has 6 aromatic rings. The molecule has 0 radical (unpaired) electrons. The third-order valence-corrected chi connectivity index (χ3v) is 8.81. The van der Waals surface area contributed by atoms with Crippen molar-refractivity contribution in [2.75, 3.05) is 0 Å². The van der Waals surface area contributed by atoms with Crippen molar-refractivity contribution in [1.29, 1.82) is 0 Å². The van der Waals surface area contributed by atoms with E-state index < -0.39 is 15.7 Å². The monoisotopic (exact) mass is 794 g/mol. The molecule has 0 saturated heterocycles. The summed E-state index contributed by atoms with van der Waals surface area (Å²) in [5.41, 5.74) is 8.44. The number of benzene rings is 6. The van der Waals surface area contributed by atoms with Crippen molar-refractivity contribution in [2.45, 2.75) is 47.5 Å². The summed E-state index contributed by atoms with van der Waals surface area (Å²) in [4.78, 5) is 33.8. The van der Waals surface area contributed by atoms with Gasteiger partial charge in [0.25, 0.3) is 15.7 Å². The minimum atomic E-state index is -0.460. The molecule has 0 spiro atoms. The summed E-state index contributed by atoms with van der Waals surface area (Å²) in [6.07, 6.45) is 0. The van der Waals surface area contributed by atoms with E-state index in [1.165, 1.54) is 11.1 Å². The van der Waals surface area contributed by atoms with Crippen LogP contribution < -0.4 is 14.2 Å². The van der Waals surface area contributed by atoms with E-state index in [4.69, 9.17) is 49.0 Å². The second-order valence-electron chi connectivity index (χ2n) is 12.6. The lowest BCUT2D eigenvalue weighted by molar-refractivity contribution is 0.107. The van der Waals surface area contributed by atoms with E-state index >= 15 is 0 Å². The molecule has 0 amide bonds. The van der Waals surface area contributed by atoms with Crippen molar-refractivity contribution in [2.24, 2.45) is 0 Å². The van der Waals surface area contributed by atoms with Crippen molar-refractivity contribution >= 4 is 50.5 Å². The van der Waals surface area contributed by atoms with Crippen molar-refractivity contribution in [1.82, 2.24) is 0 Å². The van der Waals surface area contributed by atoms with Crippen LogP contribution in [0.1, 0.15) is 70.0 Å². The van der Waals surface area contributed by atoms with Gasteiger partial charge in [-0.3, -0.25) is 14.4 Å². The van der Waals surface area contributed by atoms with Gasteiger partial charge in [-0.05, 0) is 122 Å². The first kappa shape index (κ1) is 42.3. The molecule has 0 fully saturated rings. The molecule has 0 aliphatic heterocycles. The van der Waals surface area contributed by atoms with Gasteiger partial charge in [0.15, 0.2) is 0 Å². The van der Waals surface area contributed by atoms with Gasteiger partial charge in [0.2, 0.25) is 0 Å². The van der Waals surface area contributed by atoms with Crippen LogP contribution in [0.3, 0.4) is 0 Å². The van der Waals surface area contributed by atoms with Crippen LogP contribution >= 0.6 is 34.8 Å². The van der Waals surface area contributed by atoms with Crippen molar-refractivity contribution in [3.8, 4) is 17.2 Å². The van der Waals surface area contributed by atoms with Gasteiger partial charge < -0.3 is 14.2 Å². The van der Waals surface area contributed by atoms with E-state index in [1.54, 1.807) is 36.4 Å². The van der Waals surface area contributed by atoms with Gasteiger partial charge in [-0.25, -0.2) is 0 Å². The molecule has 0 aliphatic rings. The van der Waals surface area contributed by atoms with Gasteiger partial charge in [0.05, 0.1) is 0 Å². The molecule has 0 aliphatic carbocycles. The average Bonchev–Trinajstić information content (AvgIpc) is 3.17. The summed E-state index contributed by atoms with van der Waals surface area (Å²) in [5, 5.41) is -1.38. The first-order valence-electron chi connectivity index (χ1n) is 17.3. The van der Waals surface area contributed by atoms with Gasteiger partial charge in [0, 0.05) is 33.4 Å². The lowest BCUT2D eigenvalue weighted by Gasteiger charge is -2.11. The highest BCUT2D eigenvalue weighted by Gasteiger charge is 2.11. The van der Waals surface area contributed by atoms with Crippen LogP contribution in [0, 0.1) is 27.7 Å². The van der Waals surface area contributed by atoms with Crippen molar-refractivity contribution in [3.05, 3.63) is 195 Å². The van der Waals surface area contributed by atoms with Crippen LogP contribution in [0.4, 0.5) is 0 Å². The number of carbonyl (C=O) groups excluding carboxylic acids is 3. The molecule has 0 N–H and O–H groups in total. The lowest BCUT2D eigenvalue weighted by atomic mass is 10.1. The van der Waals surface area contributed by atoms with Crippen LogP contribution in [0.5, 0.6) is 17.2 Å². The zero-order chi connectivity index (χ0) is 39.7. The van der Waals surface area contributed by atoms with Gasteiger partial charge in [0.1, 0.15) is 37.1 Å². The molecule has 0 aromatic heterocycles. The molecule has 0 saturated carbocycles. The molecular weight excluding hydrogens is 755 g/mol. The van der Waals surface area contributed by atoms with Crippen LogP contribution in [0.25, 0.3) is 0 Å². The third-order valence-electron chi connectivity index (χ3n) is 8.20. The van der Waals surface area contributed by atoms with E-state index in [2.05, 4.69) is 6.07 Å². The molecule has 6 rings (SSSR count).